The van der Waals surface area contributed by atoms with E-state index in [0.29, 0.717) is 17.0 Å². The molecule has 3 N–H and O–H groups in total. The van der Waals surface area contributed by atoms with Crippen LogP contribution in [0.25, 0.3) is 0 Å². The lowest BCUT2D eigenvalue weighted by atomic mass is 10.2. The van der Waals surface area contributed by atoms with Crippen LogP contribution in [0.1, 0.15) is 17.4 Å². The molecule has 2 fully saturated rings. The molecule has 0 radical (unpaired) electrons. The number of hydrogen-bond acceptors (Lipinski definition) is 10. The molecule has 2 aliphatic heterocycles. The van der Waals surface area contributed by atoms with Crippen LogP contribution in [0.5, 0.6) is 5.75 Å². The Labute approximate surface area is 200 Å². The minimum atomic E-state index is -5.51. The quantitative estimate of drug-likeness (QED) is 0.476. The van der Waals surface area contributed by atoms with E-state index < -0.39 is 68.1 Å². The van der Waals surface area contributed by atoms with E-state index in [1.165, 1.54) is 18.3 Å². The Morgan fingerprint density at radius 1 is 1.25 bits per heavy atom. The number of hydrogen-bond donors (Lipinski definition) is 3. The summed E-state index contributed by atoms with van der Waals surface area (Å²) in [5, 5.41) is 7.29. The van der Waals surface area contributed by atoms with Gasteiger partial charge in [0.1, 0.15) is 23.1 Å². The third kappa shape index (κ3) is 4.58. The number of rotatable bonds is 4. The van der Waals surface area contributed by atoms with Gasteiger partial charge in [-0.25, -0.2) is 23.3 Å². The average molecular weight is 548 g/mol. The topological polar surface area (TPSA) is 182 Å². The zero-order valence-corrected chi connectivity index (χ0v) is 19.6. The molecule has 2 unspecified atom stereocenters. The summed E-state index contributed by atoms with van der Waals surface area (Å²) in [4.78, 5) is 48.4. The van der Waals surface area contributed by atoms with E-state index >= 15 is 0 Å². The summed E-state index contributed by atoms with van der Waals surface area (Å²) in [7, 11) is -11.0. The Morgan fingerprint density at radius 2 is 1.86 bits per heavy atom. The van der Waals surface area contributed by atoms with Gasteiger partial charge in [0, 0.05) is 30.9 Å². The van der Waals surface area contributed by atoms with Gasteiger partial charge in [0.05, 0.1) is 12.1 Å². The lowest BCUT2D eigenvalue weighted by Gasteiger charge is -2.41. The molecule has 36 heavy (non-hydrogen) atoms. The number of aromatic nitrogens is 1. The molecule has 1 aromatic carbocycles. The number of cyclic esters (lactones) is 1. The van der Waals surface area contributed by atoms with E-state index in [1.54, 1.807) is 0 Å². The fourth-order valence-electron chi connectivity index (χ4n) is 3.28. The smallest absolute Gasteiger partial charge is 0.413 e. The molecule has 3 heterocycles. The summed E-state index contributed by atoms with van der Waals surface area (Å²) in [5.74, 6) is -3.96. The van der Waals surface area contributed by atoms with E-state index in [0.717, 1.165) is 6.20 Å². The Kier molecular flexibility index (Phi) is 6.60. The molecule has 0 aliphatic carbocycles. The van der Waals surface area contributed by atoms with E-state index in [2.05, 4.69) is 16.3 Å². The number of nitrogens with zero attached hydrogens (tertiary/aromatic N) is 2. The number of carbonyl (C=O) groups is 2. The monoisotopic (exact) mass is 548 g/mol. The van der Waals surface area contributed by atoms with Gasteiger partial charge in [-0.15, -0.1) is 0 Å². The number of amides is 2. The second kappa shape index (κ2) is 9.12. The van der Waals surface area contributed by atoms with Crippen molar-refractivity contribution >= 4 is 27.4 Å². The van der Waals surface area contributed by atoms with Crippen molar-refractivity contribution in [2.24, 2.45) is 0 Å². The average Bonchev–Trinajstić information content (AvgIpc) is 3.10. The van der Waals surface area contributed by atoms with Crippen LogP contribution < -0.4 is 4.74 Å². The summed E-state index contributed by atoms with van der Waals surface area (Å²) in [6.45, 7) is 2.99. The van der Waals surface area contributed by atoms with Crippen LogP contribution in [0, 0.1) is 11.6 Å². The van der Waals surface area contributed by atoms with E-state index in [4.69, 9.17) is 13.8 Å². The Hall–Kier alpha value is -3.03. The van der Waals surface area contributed by atoms with Crippen LogP contribution in [-0.4, -0.2) is 48.6 Å². The molecule has 0 spiro atoms. The first-order valence-electron chi connectivity index (χ1n) is 9.76. The summed E-state index contributed by atoms with van der Waals surface area (Å²) in [5.41, 5.74) is -1.17. The molecule has 13 nitrogen and oxygen atoms in total. The van der Waals surface area contributed by atoms with Crippen molar-refractivity contribution < 1.29 is 60.9 Å². The van der Waals surface area contributed by atoms with Crippen LogP contribution in [0.3, 0.4) is 0 Å². The number of benzene rings is 1. The van der Waals surface area contributed by atoms with E-state index in [1.807, 2.05) is 0 Å². The van der Waals surface area contributed by atoms with Gasteiger partial charge in [0.2, 0.25) is 6.29 Å². The van der Waals surface area contributed by atoms with Crippen molar-refractivity contribution in [2.45, 2.75) is 17.8 Å². The van der Waals surface area contributed by atoms with Crippen molar-refractivity contribution in [1.29, 1.82) is 0 Å². The van der Waals surface area contributed by atoms with Gasteiger partial charge in [-0.3, -0.25) is 23.2 Å². The summed E-state index contributed by atoms with van der Waals surface area (Å²) < 4.78 is 73.9. The molecular weight excluding hydrogens is 532 g/mol. The first kappa shape index (κ1) is 26.0. The Bertz CT molecular complexity index is 1310. The third-order valence-electron chi connectivity index (χ3n) is 5.05. The Morgan fingerprint density at radius 3 is 2.36 bits per heavy atom. The minimum Gasteiger partial charge on any atom is -0.413 e. The van der Waals surface area contributed by atoms with Crippen LogP contribution >= 0.6 is 15.2 Å². The largest absolute Gasteiger partial charge is 0.425 e. The number of carbonyl (C=O) groups excluding carboxylic acids is 2. The van der Waals surface area contributed by atoms with Crippen LogP contribution in [0.4, 0.5) is 18.4 Å². The van der Waals surface area contributed by atoms with Gasteiger partial charge in [-0.2, -0.15) is 0 Å². The molecule has 17 heteroatoms. The highest BCUT2D eigenvalue weighted by molar-refractivity contribution is 7.73. The van der Waals surface area contributed by atoms with Gasteiger partial charge < -0.3 is 24.4 Å². The molecule has 2 aliphatic rings. The number of aliphatic hydroxyl groups is 1. The fraction of sp³-hybridized carbons (Fsp3) is 0.211. The highest BCUT2D eigenvalue weighted by Gasteiger charge is 2.67. The highest BCUT2D eigenvalue weighted by Crippen LogP contribution is 2.79. The maximum atomic E-state index is 14.8. The lowest BCUT2D eigenvalue weighted by Crippen LogP contribution is -2.38. The first-order valence-corrected chi connectivity index (χ1v) is 12.9. The molecule has 2 aromatic rings. The third-order valence-corrected chi connectivity index (χ3v) is 9.64. The predicted molar refractivity (Wildman–Crippen MR) is 112 cm³/mol. The van der Waals surface area contributed by atoms with Gasteiger partial charge in [0.15, 0.2) is 0 Å². The van der Waals surface area contributed by atoms with Crippen molar-refractivity contribution in [2.75, 3.05) is 6.54 Å². The second-order valence-electron chi connectivity index (χ2n) is 7.56. The van der Waals surface area contributed by atoms with Gasteiger partial charge in [-0.1, -0.05) is 12.6 Å². The van der Waals surface area contributed by atoms with Crippen LogP contribution in [0.2, 0.25) is 0 Å². The molecule has 192 valence electrons. The van der Waals surface area contributed by atoms with Crippen molar-refractivity contribution in [3.63, 3.8) is 0 Å². The van der Waals surface area contributed by atoms with Crippen LogP contribution in [0.15, 0.2) is 49.0 Å². The lowest BCUT2D eigenvalue weighted by molar-refractivity contribution is -0.0614. The maximum absolute atomic E-state index is 14.8. The molecule has 2 saturated heterocycles. The molecule has 2 amide bonds. The summed E-state index contributed by atoms with van der Waals surface area (Å²) >= 11 is 0. The zero-order chi connectivity index (χ0) is 26.5. The molecule has 0 saturated carbocycles. The van der Waals surface area contributed by atoms with Gasteiger partial charge in [0.25, 0.3) is 5.08 Å². The highest BCUT2D eigenvalue weighted by atomic mass is 31.2. The molecule has 4 rings (SSSR count). The molecule has 0 bridgehead atoms. The first-order chi connectivity index (χ1) is 16.7. The second-order valence-corrected chi connectivity index (χ2v) is 11.9. The fourth-order valence-corrected chi connectivity index (χ4v) is 6.83. The van der Waals surface area contributed by atoms with Crippen molar-refractivity contribution in [3.8, 4) is 5.75 Å². The predicted octanol–water partition coefficient (Wildman–Crippen LogP) is 3.13. The van der Waals surface area contributed by atoms with Crippen molar-refractivity contribution in [1.82, 2.24) is 9.88 Å². The van der Waals surface area contributed by atoms with Gasteiger partial charge in [-0.05, 0) is 11.6 Å². The number of ether oxygens (including phenoxy) is 2. The normalized spacial score (nSPS) is 30.2. The van der Waals surface area contributed by atoms with Gasteiger partial charge >= 0.3 is 27.4 Å². The van der Waals surface area contributed by atoms with Crippen molar-refractivity contribution in [3.05, 3.63) is 71.8 Å². The van der Waals surface area contributed by atoms with E-state index in [-0.39, 0.29) is 17.9 Å². The molecular formula is C19H16F2N2O11P2. The standard InChI is InChI=1S/C19H16F2N2O11P2/c1-10-9-23(17(24)31-10)18(25)32-12-5-13(20)15(14(21)6-12)16-33-35(27,28)19(26,36(29,30)34-16)7-11-3-2-4-22-8-11/h2-6,8,16,26H,1,7,9H2,(H,27,28)(H,29,30). The number of pyridine rings is 1. The number of imide groups is 1. The zero-order valence-electron chi connectivity index (χ0n) is 17.8. The molecule has 2 atom stereocenters. The van der Waals surface area contributed by atoms with Crippen LogP contribution in [-0.2, 0) is 29.3 Å². The minimum absolute atomic E-state index is 0.0585. The SMILES string of the molecule is C=C1CN(C(=O)Oc2cc(F)c(C3OP(=O)(O)C(O)(Cc4cccnc4)P(=O)(O)O3)c(F)c2)C(=O)O1. The van der Waals surface area contributed by atoms with E-state index in [9.17, 15) is 42.4 Å². The maximum Gasteiger partial charge on any atom is 0.425 e. The Balaban J connectivity index is 1.59. The summed E-state index contributed by atoms with van der Waals surface area (Å²) in [6, 6.07) is 3.58. The molecule has 1 aromatic heterocycles. The summed E-state index contributed by atoms with van der Waals surface area (Å²) in [6.07, 6.45) is -3.46. The number of halogens is 2.